The molecule has 1 heterocycles. The van der Waals surface area contributed by atoms with Gasteiger partial charge in [0.2, 0.25) is 0 Å². The van der Waals surface area contributed by atoms with Gasteiger partial charge in [0.05, 0.1) is 6.54 Å². The molecule has 90 valence electrons. The second kappa shape index (κ2) is 7.83. The summed E-state index contributed by atoms with van der Waals surface area (Å²) in [4.78, 5) is 13.6. The highest BCUT2D eigenvalue weighted by molar-refractivity contribution is 5.82. The molecule has 0 aromatic rings. The molecule has 1 aliphatic heterocycles. The van der Waals surface area contributed by atoms with E-state index in [-0.39, 0.29) is 5.92 Å². The lowest BCUT2D eigenvalue weighted by Gasteiger charge is -2.29. The number of rotatable bonds is 3. The number of piperidine rings is 1. The maximum atomic E-state index is 11.4. The van der Waals surface area contributed by atoms with E-state index in [1.807, 2.05) is 27.7 Å². The lowest BCUT2D eigenvalue weighted by molar-refractivity contribution is -0.123. The third-order valence-corrected chi connectivity index (χ3v) is 2.66. The normalized spacial score (nSPS) is 18.5. The summed E-state index contributed by atoms with van der Waals surface area (Å²) in [6.45, 7) is 10.5. The van der Waals surface area contributed by atoms with Crippen molar-refractivity contribution < 1.29 is 4.79 Å². The maximum absolute atomic E-state index is 11.4. The molecule has 0 aromatic carbocycles. The van der Waals surface area contributed by atoms with Gasteiger partial charge in [0, 0.05) is 25.0 Å². The van der Waals surface area contributed by atoms with Crippen LogP contribution in [0.5, 0.6) is 0 Å². The molecular weight excluding hydrogens is 188 g/mol. The summed E-state index contributed by atoms with van der Waals surface area (Å²) < 4.78 is 0. The molecule has 0 radical (unpaired) electrons. The molecule has 1 rings (SSSR count). The Morgan fingerprint density at radius 3 is 2.20 bits per heavy atom. The van der Waals surface area contributed by atoms with Crippen molar-refractivity contribution in [3.63, 3.8) is 0 Å². The van der Waals surface area contributed by atoms with Crippen LogP contribution in [-0.2, 0) is 4.79 Å². The van der Waals surface area contributed by atoms with Gasteiger partial charge >= 0.3 is 0 Å². The first-order valence-corrected chi connectivity index (χ1v) is 6.10. The zero-order valence-corrected chi connectivity index (χ0v) is 10.6. The summed E-state index contributed by atoms with van der Waals surface area (Å²) in [6.07, 6.45) is 2.07. The number of likely N-dealkylation sites (tertiary alicyclic amines) is 1. The van der Waals surface area contributed by atoms with Crippen molar-refractivity contribution in [2.45, 2.75) is 46.6 Å². The Kier molecular flexibility index (Phi) is 7.61. The maximum Gasteiger partial charge on any atom is 0.149 e. The number of carbonyl (C=O) groups is 1. The van der Waals surface area contributed by atoms with Crippen LogP contribution < -0.4 is 5.73 Å². The highest BCUT2D eigenvalue weighted by Crippen LogP contribution is 2.08. The average molecular weight is 214 g/mol. The number of nitrogens with zero attached hydrogens (tertiary/aromatic N) is 1. The first kappa shape index (κ1) is 14.6. The Bertz CT molecular complexity index is 172. The zero-order valence-electron chi connectivity index (χ0n) is 10.6. The number of nitrogens with two attached hydrogens (primary N) is 1. The fourth-order valence-corrected chi connectivity index (χ4v) is 1.51. The molecule has 15 heavy (non-hydrogen) atoms. The minimum atomic E-state index is 0.163. The van der Waals surface area contributed by atoms with E-state index in [2.05, 4.69) is 4.90 Å². The Labute approximate surface area is 94.0 Å². The van der Waals surface area contributed by atoms with Crippen molar-refractivity contribution in [1.29, 1.82) is 0 Å². The SMILES string of the molecule is CC.CC(C)C(=O)CN1CCC(N)CC1. The van der Waals surface area contributed by atoms with Crippen LogP contribution in [0.1, 0.15) is 40.5 Å². The Balaban J connectivity index is 0.000000921. The van der Waals surface area contributed by atoms with Gasteiger partial charge in [-0.2, -0.15) is 0 Å². The largest absolute Gasteiger partial charge is 0.328 e. The molecule has 0 unspecified atom stereocenters. The van der Waals surface area contributed by atoms with Crippen LogP contribution in [0, 0.1) is 5.92 Å². The van der Waals surface area contributed by atoms with E-state index in [4.69, 9.17) is 5.73 Å². The van der Waals surface area contributed by atoms with Gasteiger partial charge < -0.3 is 5.73 Å². The number of Topliss-reactive ketones (excluding diaryl/α,β-unsaturated/α-hetero) is 1. The second-order valence-electron chi connectivity index (χ2n) is 4.23. The van der Waals surface area contributed by atoms with Crippen molar-refractivity contribution in [3.05, 3.63) is 0 Å². The summed E-state index contributed by atoms with van der Waals surface area (Å²) in [6, 6.07) is 0.352. The predicted octanol–water partition coefficient (Wildman–Crippen LogP) is 1.66. The fraction of sp³-hybridized carbons (Fsp3) is 0.917. The van der Waals surface area contributed by atoms with E-state index in [0.29, 0.717) is 18.4 Å². The summed E-state index contributed by atoms with van der Waals surface area (Å²) in [5.74, 6) is 0.506. The molecule has 0 aliphatic carbocycles. The van der Waals surface area contributed by atoms with E-state index in [1.54, 1.807) is 0 Å². The number of hydrogen-bond acceptors (Lipinski definition) is 3. The van der Waals surface area contributed by atoms with Crippen LogP contribution >= 0.6 is 0 Å². The minimum Gasteiger partial charge on any atom is -0.328 e. The minimum absolute atomic E-state index is 0.163. The van der Waals surface area contributed by atoms with Crippen LogP contribution in [0.3, 0.4) is 0 Å². The quantitative estimate of drug-likeness (QED) is 0.777. The summed E-state index contributed by atoms with van der Waals surface area (Å²) in [7, 11) is 0. The third kappa shape index (κ3) is 5.90. The van der Waals surface area contributed by atoms with Gasteiger partial charge in [-0.15, -0.1) is 0 Å². The van der Waals surface area contributed by atoms with Gasteiger partial charge in [-0.05, 0) is 12.8 Å². The molecule has 0 bridgehead atoms. The summed E-state index contributed by atoms with van der Waals surface area (Å²) >= 11 is 0. The first-order chi connectivity index (χ1) is 7.09. The lowest BCUT2D eigenvalue weighted by Crippen LogP contribution is -2.42. The van der Waals surface area contributed by atoms with Crippen LogP contribution in [0.4, 0.5) is 0 Å². The number of ketones is 1. The van der Waals surface area contributed by atoms with Gasteiger partial charge in [-0.3, -0.25) is 9.69 Å². The first-order valence-electron chi connectivity index (χ1n) is 6.10. The third-order valence-electron chi connectivity index (χ3n) is 2.66. The van der Waals surface area contributed by atoms with Gasteiger partial charge in [0.1, 0.15) is 5.78 Å². The average Bonchev–Trinajstić information content (AvgIpc) is 2.24. The molecule has 0 aromatic heterocycles. The molecule has 3 nitrogen and oxygen atoms in total. The Morgan fingerprint density at radius 2 is 1.80 bits per heavy atom. The van der Waals surface area contributed by atoms with Gasteiger partial charge in [0.15, 0.2) is 0 Å². The van der Waals surface area contributed by atoms with E-state index in [0.717, 1.165) is 25.9 Å². The van der Waals surface area contributed by atoms with E-state index < -0.39 is 0 Å². The highest BCUT2D eigenvalue weighted by Gasteiger charge is 2.18. The highest BCUT2D eigenvalue weighted by atomic mass is 16.1. The van der Waals surface area contributed by atoms with E-state index in [9.17, 15) is 4.79 Å². The van der Waals surface area contributed by atoms with Gasteiger partial charge in [-0.25, -0.2) is 0 Å². The molecule has 0 spiro atoms. The number of carbonyl (C=O) groups excluding carboxylic acids is 1. The molecule has 0 atom stereocenters. The summed E-state index contributed by atoms with van der Waals surface area (Å²) in [5.41, 5.74) is 5.78. The molecule has 1 saturated heterocycles. The van der Waals surface area contributed by atoms with Crippen molar-refractivity contribution in [2.75, 3.05) is 19.6 Å². The van der Waals surface area contributed by atoms with Crippen LogP contribution in [0.15, 0.2) is 0 Å². The monoisotopic (exact) mass is 214 g/mol. The summed E-state index contributed by atoms with van der Waals surface area (Å²) in [5, 5.41) is 0. The van der Waals surface area contributed by atoms with E-state index in [1.165, 1.54) is 0 Å². The molecule has 3 heteroatoms. The molecule has 2 N–H and O–H groups in total. The topological polar surface area (TPSA) is 46.3 Å². The van der Waals surface area contributed by atoms with Crippen LogP contribution in [-0.4, -0.2) is 36.4 Å². The van der Waals surface area contributed by atoms with Gasteiger partial charge in [0.25, 0.3) is 0 Å². The molecule has 1 aliphatic rings. The molecule has 0 amide bonds. The van der Waals surface area contributed by atoms with Crippen LogP contribution in [0.25, 0.3) is 0 Å². The number of hydrogen-bond donors (Lipinski definition) is 1. The van der Waals surface area contributed by atoms with Gasteiger partial charge in [-0.1, -0.05) is 27.7 Å². The Morgan fingerprint density at radius 1 is 1.33 bits per heavy atom. The van der Waals surface area contributed by atoms with Crippen molar-refractivity contribution >= 4 is 5.78 Å². The standard InChI is InChI=1S/C10H20N2O.C2H6/c1-8(2)10(13)7-12-5-3-9(11)4-6-12;1-2/h8-9H,3-7,11H2,1-2H3;1-2H3. The fourth-order valence-electron chi connectivity index (χ4n) is 1.51. The molecule has 1 fully saturated rings. The smallest absolute Gasteiger partial charge is 0.149 e. The van der Waals surface area contributed by atoms with Crippen molar-refractivity contribution in [2.24, 2.45) is 11.7 Å². The Hall–Kier alpha value is -0.410. The van der Waals surface area contributed by atoms with Crippen LogP contribution in [0.2, 0.25) is 0 Å². The molecule has 0 saturated carbocycles. The predicted molar refractivity (Wildman–Crippen MR) is 64.8 cm³/mol. The van der Waals surface area contributed by atoms with Crippen molar-refractivity contribution in [3.8, 4) is 0 Å². The van der Waals surface area contributed by atoms with Crippen molar-refractivity contribution in [1.82, 2.24) is 4.90 Å². The second-order valence-corrected chi connectivity index (χ2v) is 4.23. The lowest BCUT2D eigenvalue weighted by atomic mass is 10.0. The zero-order chi connectivity index (χ0) is 11.8. The molecular formula is C12H26N2O. The van der Waals surface area contributed by atoms with E-state index >= 15 is 0 Å².